The summed E-state index contributed by atoms with van der Waals surface area (Å²) >= 11 is 0. The largest absolute Gasteiger partial charge is 0.490 e. The van der Waals surface area contributed by atoms with E-state index >= 15 is 4.39 Å². The highest BCUT2D eigenvalue weighted by atomic mass is 19.1. The van der Waals surface area contributed by atoms with Crippen LogP contribution in [0, 0.1) is 19.7 Å². The van der Waals surface area contributed by atoms with Gasteiger partial charge in [0, 0.05) is 61.9 Å². The first-order chi connectivity index (χ1) is 24.0. The highest BCUT2D eigenvalue weighted by molar-refractivity contribution is 6.06. The highest BCUT2D eigenvalue weighted by Gasteiger charge is 2.24. The second kappa shape index (κ2) is 16.0. The summed E-state index contributed by atoms with van der Waals surface area (Å²) in [4.78, 5) is 41.8. The molecule has 50 heavy (non-hydrogen) atoms. The lowest BCUT2D eigenvalue weighted by Crippen LogP contribution is -2.50. The van der Waals surface area contributed by atoms with Gasteiger partial charge in [-0.3, -0.25) is 9.59 Å². The number of likely N-dealkylation sites (N-methyl/N-ethyl adjacent to an activating group) is 1. The van der Waals surface area contributed by atoms with Crippen LogP contribution in [0.25, 0.3) is 0 Å². The third-order valence-electron chi connectivity index (χ3n) is 8.97. The Morgan fingerprint density at radius 3 is 2.40 bits per heavy atom. The second-order valence-corrected chi connectivity index (χ2v) is 12.4. The van der Waals surface area contributed by atoms with Crippen LogP contribution in [0.4, 0.5) is 27.4 Å². The minimum absolute atomic E-state index is 0.0569. The molecule has 3 aromatic carbocycles. The van der Waals surface area contributed by atoms with Crippen LogP contribution in [-0.4, -0.2) is 84.0 Å². The number of amides is 2. The zero-order valence-corrected chi connectivity index (χ0v) is 29.8. The number of hydrogen-bond donors (Lipinski definition) is 2. The van der Waals surface area contributed by atoms with Crippen LogP contribution >= 0.6 is 0 Å². The smallest absolute Gasteiger partial charge is 0.262 e. The SMILES string of the molecule is CCOc1cc(C(=O)N(CC)CC)ccc1Oc1nc(Nc2ccc(N3CCN(C)C(C)C3)c(F)c2)ncc1C(=O)Nc1c(C)cccc1C. The van der Waals surface area contributed by atoms with Gasteiger partial charge in [0.15, 0.2) is 11.5 Å². The first kappa shape index (κ1) is 36.1. The van der Waals surface area contributed by atoms with Crippen LogP contribution in [-0.2, 0) is 0 Å². The molecule has 1 aliphatic rings. The molecule has 264 valence electrons. The molecule has 1 unspecified atom stereocenters. The van der Waals surface area contributed by atoms with Crippen LogP contribution in [0.1, 0.15) is 59.5 Å². The number of halogens is 1. The number of rotatable bonds is 12. The van der Waals surface area contributed by atoms with Crippen molar-refractivity contribution in [1.82, 2.24) is 19.8 Å². The van der Waals surface area contributed by atoms with Crippen molar-refractivity contribution in [2.24, 2.45) is 0 Å². The number of para-hydroxylation sites is 1. The number of piperazine rings is 1. The van der Waals surface area contributed by atoms with E-state index in [9.17, 15) is 9.59 Å². The zero-order valence-electron chi connectivity index (χ0n) is 29.8. The van der Waals surface area contributed by atoms with Crippen molar-refractivity contribution in [3.05, 3.63) is 88.9 Å². The average Bonchev–Trinajstić information content (AvgIpc) is 3.09. The monoisotopic (exact) mass is 683 g/mol. The van der Waals surface area contributed by atoms with Crippen molar-refractivity contribution in [1.29, 1.82) is 0 Å². The molecule has 5 rings (SSSR count). The fourth-order valence-electron chi connectivity index (χ4n) is 5.88. The Morgan fingerprint density at radius 2 is 1.74 bits per heavy atom. The van der Waals surface area contributed by atoms with Gasteiger partial charge in [0.1, 0.15) is 11.4 Å². The van der Waals surface area contributed by atoms with E-state index in [1.807, 2.05) is 57.7 Å². The number of carbonyl (C=O) groups is 2. The molecular weight excluding hydrogens is 637 g/mol. The number of aryl methyl sites for hydroxylation is 2. The lowest BCUT2D eigenvalue weighted by atomic mass is 10.1. The van der Waals surface area contributed by atoms with E-state index in [-0.39, 0.29) is 34.9 Å². The molecule has 1 saturated heterocycles. The van der Waals surface area contributed by atoms with Crippen LogP contribution in [0.15, 0.2) is 60.8 Å². The predicted molar refractivity (Wildman–Crippen MR) is 195 cm³/mol. The Balaban J connectivity index is 1.48. The molecule has 1 atom stereocenters. The maximum Gasteiger partial charge on any atom is 0.262 e. The number of ether oxygens (including phenoxy) is 2. The van der Waals surface area contributed by atoms with Gasteiger partial charge in [0.05, 0.1) is 12.3 Å². The van der Waals surface area contributed by atoms with Crippen LogP contribution in [0.2, 0.25) is 0 Å². The maximum absolute atomic E-state index is 15.4. The quantitative estimate of drug-likeness (QED) is 0.162. The minimum atomic E-state index is -0.480. The van der Waals surface area contributed by atoms with E-state index in [0.717, 1.165) is 30.8 Å². The topological polar surface area (TPSA) is 112 Å². The number of nitrogens with one attached hydrogen (secondary N) is 2. The van der Waals surface area contributed by atoms with Crippen molar-refractivity contribution in [2.45, 2.75) is 47.6 Å². The molecule has 0 aliphatic carbocycles. The Kier molecular flexibility index (Phi) is 11.5. The Hall–Kier alpha value is -5.23. The average molecular weight is 684 g/mol. The van der Waals surface area contributed by atoms with Crippen molar-refractivity contribution < 1.29 is 23.5 Å². The van der Waals surface area contributed by atoms with Gasteiger partial charge in [-0.2, -0.15) is 4.98 Å². The first-order valence-electron chi connectivity index (χ1n) is 17.0. The third kappa shape index (κ3) is 8.14. The number of aromatic nitrogens is 2. The second-order valence-electron chi connectivity index (χ2n) is 12.4. The van der Waals surface area contributed by atoms with E-state index in [2.05, 4.69) is 39.5 Å². The molecule has 11 nitrogen and oxygen atoms in total. The minimum Gasteiger partial charge on any atom is -0.490 e. The summed E-state index contributed by atoms with van der Waals surface area (Å²) in [5, 5.41) is 6.03. The van der Waals surface area contributed by atoms with Crippen molar-refractivity contribution in [3.8, 4) is 17.4 Å². The molecule has 1 fully saturated rings. The predicted octanol–water partition coefficient (Wildman–Crippen LogP) is 7.04. The molecule has 1 aliphatic heterocycles. The molecule has 0 saturated carbocycles. The van der Waals surface area contributed by atoms with Gasteiger partial charge in [-0.1, -0.05) is 18.2 Å². The van der Waals surface area contributed by atoms with Gasteiger partial charge in [-0.15, -0.1) is 0 Å². The zero-order chi connectivity index (χ0) is 35.9. The van der Waals surface area contributed by atoms with E-state index in [1.165, 1.54) is 12.3 Å². The molecule has 2 amide bonds. The van der Waals surface area contributed by atoms with Gasteiger partial charge < -0.3 is 34.8 Å². The molecule has 0 spiro atoms. The summed E-state index contributed by atoms with van der Waals surface area (Å²) in [6.45, 7) is 15.4. The number of anilines is 4. The number of benzene rings is 3. The van der Waals surface area contributed by atoms with E-state index in [4.69, 9.17) is 9.47 Å². The normalized spacial score (nSPS) is 14.6. The Labute approximate surface area is 293 Å². The highest BCUT2D eigenvalue weighted by Crippen LogP contribution is 2.35. The van der Waals surface area contributed by atoms with Gasteiger partial charge in [-0.25, -0.2) is 9.37 Å². The fourth-order valence-corrected chi connectivity index (χ4v) is 5.88. The molecule has 1 aromatic heterocycles. The van der Waals surface area contributed by atoms with Gasteiger partial charge >= 0.3 is 0 Å². The van der Waals surface area contributed by atoms with Crippen molar-refractivity contribution in [2.75, 3.05) is 61.9 Å². The molecule has 0 bridgehead atoms. The van der Waals surface area contributed by atoms with Crippen LogP contribution in [0.3, 0.4) is 0 Å². The number of nitrogens with zero attached hydrogens (tertiary/aromatic N) is 5. The standard InChI is InChI=1S/C38H46FN7O4/c1-8-45(9-2)37(48)27-14-17-32(33(20-27)49-10-3)50-36-29(35(47)42-34-24(4)12-11-13-25(34)5)22-40-38(43-36)41-28-15-16-31(30(39)21-28)46-19-18-44(7)26(6)23-46/h11-17,20-22,26H,8-10,18-19,23H2,1-7H3,(H,42,47)(H,40,41,43). The maximum atomic E-state index is 15.4. The molecule has 12 heteroatoms. The number of carbonyl (C=O) groups excluding carboxylic acids is 2. The number of hydrogen-bond acceptors (Lipinski definition) is 9. The fraction of sp³-hybridized carbons (Fsp3) is 0.368. The lowest BCUT2D eigenvalue weighted by Gasteiger charge is -2.39. The third-order valence-corrected chi connectivity index (χ3v) is 8.97. The first-order valence-corrected chi connectivity index (χ1v) is 17.0. The summed E-state index contributed by atoms with van der Waals surface area (Å²) in [7, 11) is 2.07. The van der Waals surface area contributed by atoms with E-state index in [0.29, 0.717) is 54.1 Å². The van der Waals surface area contributed by atoms with Crippen LogP contribution < -0.4 is 25.0 Å². The summed E-state index contributed by atoms with van der Waals surface area (Å²) in [6.07, 6.45) is 1.36. The molecule has 4 aromatic rings. The molecule has 2 N–H and O–H groups in total. The van der Waals surface area contributed by atoms with Gasteiger partial charge in [-0.05, 0) is 96.1 Å². The Morgan fingerprint density at radius 1 is 1.00 bits per heavy atom. The molecular formula is C38H46FN7O4. The van der Waals surface area contributed by atoms with Crippen LogP contribution in [0.5, 0.6) is 17.4 Å². The van der Waals surface area contributed by atoms with Gasteiger partial charge in [0.25, 0.3) is 11.8 Å². The Bertz CT molecular complexity index is 1830. The lowest BCUT2D eigenvalue weighted by molar-refractivity contribution is 0.0772. The van der Waals surface area contributed by atoms with Crippen molar-refractivity contribution in [3.63, 3.8) is 0 Å². The molecule has 0 radical (unpaired) electrons. The van der Waals surface area contributed by atoms with Crippen molar-refractivity contribution >= 4 is 34.8 Å². The summed E-state index contributed by atoms with van der Waals surface area (Å²) in [6, 6.07) is 15.9. The summed E-state index contributed by atoms with van der Waals surface area (Å²) in [5.74, 6) is -0.374. The van der Waals surface area contributed by atoms with Gasteiger partial charge in [0.2, 0.25) is 11.8 Å². The summed E-state index contributed by atoms with van der Waals surface area (Å²) in [5.41, 5.74) is 3.93. The summed E-state index contributed by atoms with van der Waals surface area (Å²) < 4.78 is 27.6. The molecule has 2 heterocycles. The van der Waals surface area contributed by atoms with E-state index in [1.54, 1.807) is 35.2 Å². The van der Waals surface area contributed by atoms with E-state index < -0.39 is 5.91 Å².